The highest BCUT2D eigenvalue weighted by Crippen LogP contribution is 2.14. The predicted octanol–water partition coefficient (Wildman–Crippen LogP) is 0.459. The minimum absolute atomic E-state index is 0.174. The second-order valence-electron chi connectivity index (χ2n) is 4.49. The number of benzene rings is 1. The van der Waals surface area contributed by atoms with Crippen molar-refractivity contribution in [3.8, 4) is 5.75 Å². The highest BCUT2D eigenvalue weighted by Gasteiger charge is 2.20. The van der Waals surface area contributed by atoms with Gasteiger partial charge >= 0.3 is 11.9 Å². The quantitative estimate of drug-likeness (QED) is 0.736. The van der Waals surface area contributed by atoms with E-state index in [1.807, 2.05) is 0 Å². The minimum Gasteiger partial charge on any atom is -0.482 e. The first kappa shape index (κ1) is 17.5. The standard InChI is InChI=1S/C15H19NO6/c1-10(17)16-13(15(19)21-3)8-11-4-6-12(7-5-11)22-9-14(18)20-2/h4-7,13H,8-9H2,1-3H3,(H,16,17). The van der Waals surface area contributed by atoms with Gasteiger partial charge in [-0.05, 0) is 17.7 Å². The molecule has 120 valence electrons. The van der Waals surface area contributed by atoms with Crippen LogP contribution in [0.2, 0.25) is 0 Å². The summed E-state index contributed by atoms with van der Waals surface area (Å²) in [6.07, 6.45) is 0.295. The Bertz CT molecular complexity index is 525. The Hall–Kier alpha value is -2.57. The van der Waals surface area contributed by atoms with Crippen molar-refractivity contribution in [2.75, 3.05) is 20.8 Å². The SMILES string of the molecule is COC(=O)COc1ccc(CC(NC(C)=O)C(=O)OC)cc1. The van der Waals surface area contributed by atoms with E-state index < -0.39 is 18.0 Å². The Morgan fingerprint density at radius 1 is 1.09 bits per heavy atom. The summed E-state index contributed by atoms with van der Waals surface area (Å²) in [5.74, 6) is -0.793. The van der Waals surface area contributed by atoms with Gasteiger partial charge in [0.25, 0.3) is 0 Å². The number of rotatable bonds is 7. The number of nitrogens with one attached hydrogen (secondary N) is 1. The number of carbonyl (C=O) groups excluding carboxylic acids is 3. The topological polar surface area (TPSA) is 90.9 Å². The third kappa shape index (κ3) is 5.82. The first-order valence-electron chi connectivity index (χ1n) is 6.59. The minimum atomic E-state index is -0.746. The van der Waals surface area contributed by atoms with Crippen LogP contribution in [-0.2, 0) is 30.3 Å². The normalized spacial score (nSPS) is 11.2. The summed E-state index contributed by atoms with van der Waals surface area (Å²) in [5, 5.41) is 2.54. The van der Waals surface area contributed by atoms with E-state index in [2.05, 4.69) is 14.8 Å². The van der Waals surface area contributed by atoms with Crippen LogP contribution in [0.25, 0.3) is 0 Å². The lowest BCUT2D eigenvalue weighted by molar-refractivity contribution is -0.145. The van der Waals surface area contributed by atoms with E-state index in [-0.39, 0.29) is 12.5 Å². The second-order valence-corrected chi connectivity index (χ2v) is 4.49. The van der Waals surface area contributed by atoms with Crippen molar-refractivity contribution in [3.05, 3.63) is 29.8 Å². The van der Waals surface area contributed by atoms with Gasteiger partial charge in [-0.15, -0.1) is 0 Å². The lowest BCUT2D eigenvalue weighted by Crippen LogP contribution is -2.41. The molecule has 0 saturated heterocycles. The average molecular weight is 309 g/mol. The summed E-state index contributed by atoms with van der Waals surface area (Å²) in [4.78, 5) is 33.7. The molecule has 7 nitrogen and oxygen atoms in total. The maximum Gasteiger partial charge on any atom is 0.343 e. The molecule has 0 bridgehead atoms. The van der Waals surface area contributed by atoms with Crippen LogP contribution in [0.5, 0.6) is 5.75 Å². The molecule has 7 heteroatoms. The number of hydrogen-bond donors (Lipinski definition) is 1. The second kappa shape index (κ2) is 8.66. The molecule has 1 atom stereocenters. The Kier molecular flexibility index (Phi) is 6.88. The van der Waals surface area contributed by atoms with Crippen molar-refractivity contribution in [1.29, 1.82) is 0 Å². The molecule has 0 aliphatic rings. The zero-order chi connectivity index (χ0) is 16.5. The molecule has 0 aliphatic heterocycles. The van der Waals surface area contributed by atoms with Gasteiger partial charge in [0.15, 0.2) is 6.61 Å². The first-order chi connectivity index (χ1) is 10.5. The number of ether oxygens (including phenoxy) is 3. The van der Waals surface area contributed by atoms with Gasteiger partial charge in [0.2, 0.25) is 5.91 Å². The van der Waals surface area contributed by atoms with Crippen molar-refractivity contribution in [3.63, 3.8) is 0 Å². The highest BCUT2D eigenvalue weighted by atomic mass is 16.6. The monoisotopic (exact) mass is 309 g/mol. The Morgan fingerprint density at radius 3 is 2.23 bits per heavy atom. The van der Waals surface area contributed by atoms with Gasteiger partial charge in [-0.2, -0.15) is 0 Å². The summed E-state index contributed by atoms with van der Waals surface area (Å²) < 4.78 is 14.3. The van der Waals surface area contributed by atoms with Gasteiger partial charge in [0.05, 0.1) is 14.2 Å². The third-order valence-corrected chi connectivity index (χ3v) is 2.81. The van der Waals surface area contributed by atoms with Gasteiger partial charge in [0, 0.05) is 13.3 Å². The molecule has 1 aromatic rings. The van der Waals surface area contributed by atoms with Crippen molar-refractivity contribution in [2.24, 2.45) is 0 Å². The van der Waals surface area contributed by atoms with Gasteiger partial charge in [-0.1, -0.05) is 12.1 Å². The third-order valence-electron chi connectivity index (χ3n) is 2.81. The molecule has 1 aromatic carbocycles. The molecule has 0 radical (unpaired) electrons. The summed E-state index contributed by atoms with van der Waals surface area (Å²) in [6, 6.07) is 6.07. The largest absolute Gasteiger partial charge is 0.482 e. The Morgan fingerprint density at radius 2 is 1.73 bits per heavy atom. The lowest BCUT2D eigenvalue weighted by Gasteiger charge is -2.15. The van der Waals surface area contributed by atoms with Crippen LogP contribution in [0.4, 0.5) is 0 Å². The maximum absolute atomic E-state index is 11.6. The van der Waals surface area contributed by atoms with Gasteiger partial charge in [0.1, 0.15) is 11.8 Å². The van der Waals surface area contributed by atoms with Crippen LogP contribution in [-0.4, -0.2) is 44.7 Å². The highest BCUT2D eigenvalue weighted by molar-refractivity contribution is 5.83. The number of carbonyl (C=O) groups is 3. The van der Waals surface area contributed by atoms with Crippen LogP contribution in [0.1, 0.15) is 12.5 Å². The van der Waals surface area contributed by atoms with Crippen LogP contribution in [0, 0.1) is 0 Å². The molecule has 0 fully saturated rings. The van der Waals surface area contributed by atoms with Gasteiger partial charge < -0.3 is 19.5 Å². The van der Waals surface area contributed by atoms with Gasteiger partial charge in [-0.3, -0.25) is 4.79 Å². The van der Waals surface area contributed by atoms with E-state index in [9.17, 15) is 14.4 Å². The summed E-state index contributed by atoms with van der Waals surface area (Å²) in [5.41, 5.74) is 0.814. The van der Waals surface area contributed by atoms with Crippen molar-refractivity contribution < 1.29 is 28.6 Å². The smallest absolute Gasteiger partial charge is 0.343 e. The molecule has 1 N–H and O–H groups in total. The zero-order valence-corrected chi connectivity index (χ0v) is 12.8. The molecule has 0 spiro atoms. The Labute approximate surface area is 128 Å². The average Bonchev–Trinajstić information content (AvgIpc) is 2.51. The summed E-state index contributed by atoms with van der Waals surface area (Å²) in [6.45, 7) is 1.16. The maximum atomic E-state index is 11.6. The zero-order valence-electron chi connectivity index (χ0n) is 12.8. The van der Waals surface area contributed by atoms with Crippen LogP contribution in [0.15, 0.2) is 24.3 Å². The molecule has 0 heterocycles. The molecular formula is C15H19NO6. The fourth-order valence-electron chi connectivity index (χ4n) is 1.74. The fraction of sp³-hybridized carbons (Fsp3) is 0.400. The van der Waals surface area contributed by atoms with E-state index in [0.717, 1.165) is 5.56 Å². The summed E-state index contributed by atoms with van der Waals surface area (Å²) in [7, 11) is 2.55. The fourth-order valence-corrected chi connectivity index (χ4v) is 1.74. The van der Waals surface area contributed by atoms with Crippen LogP contribution >= 0.6 is 0 Å². The van der Waals surface area contributed by atoms with E-state index in [1.165, 1.54) is 21.1 Å². The molecule has 22 heavy (non-hydrogen) atoms. The van der Waals surface area contributed by atoms with Crippen LogP contribution in [0.3, 0.4) is 0 Å². The van der Waals surface area contributed by atoms with Crippen molar-refractivity contribution >= 4 is 17.8 Å². The molecule has 1 rings (SSSR count). The lowest BCUT2D eigenvalue weighted by atomic mass is 10.1. The molecule has 0 saturated carbocycles. The number of esters is 2. The molecular weight excluding hydrogens is 290 g/mol. The molecule has 0 aromatic heterocycles. The van der Waals surface area contributed by atoms with E-state index in [4.69, 9.17) is 4.74 Å². The van der Waals surface area contributed by atoms with Crippen LogP contribution < -0.4 is 10.1 Å². The number of methoxy groups -OCH3 is 2. The van der Waals surface area contributed by atoms with E-state index >= 15 is 0 Å². The van der Waals surface area contributed by atoms with Crippen molar-refractivity contribution in [1.82, 2.24) is 5.32 Å². The number of amides is 1. The summed E-state index contributed by atoms with van der Waals surface area (Å²) >= 11 is 0. The Balaban J connectivity index is 2.66. The predicted molar refractivity (Wildman–Crippen MR) is 77.3 cm³/mol. The molecule has 0 aliphatic carbocycles. The van der Waals surface area contributed by atoms with E-state index in [1.54, 1.807) is 24.3 Å². The first-order valence-corrected chi connectivity index (χ1v) is 6.59. The van der Waals surface area contributed by atoms with Crippen molar-refractivity contribution in [2.45, 2.75) is 19.4 Å². The van der Waals surface area contributed by atoms with Gasteiger partial charge in [-0.25, -0.2) is 9.59 Å². The number of hydrogen-bond acceptors (Lipinski definition) is 6. The van der Waals surface area contributed by atoms with E-state index in [0.29, 0.717) is 12.2 Å². The molecule has 1 amide bonds. The molecule has 1 unspecified atom stereocenters.